The molecular weight excluding hydrogens is 294 g/mol. The van der Waals surface area contributed by atoms with E-state index in [1.54, 1.807) is 6.07 Å². The fourth-order valence-electron chi connectivity index (χ4n) is 1.94. The Labute approximate surface area is 124 Å². The van der Waals surface area contributed by atoms with Gasteiger partial charge in [-0.3, -0.25) is 0 Å². The summed E-state index contributed by atoms with van der Waals surface area (Å²) in [5.41, 5.74) is 0.493. The normalized spacial score (nSPS) is 13.0. The summed E-state index contributed by atoms with van der Waals surface area (Å²) < 4.78 is 26.5. The molecule has 0 fully saturated rings. The average molecular weight is 315 g/mol. The molecule has 1 atom stereocenters. The van der Waals surface area contributed by atoms with Gasteiger partial charge in [0.2, 0.25) is 10.0 Å². The number of rotatable bonds is 9. The lowest BCUT2D eigenvalue weighted by molar-refractivity contribution is 0.0696. The lowest BCUT2D eigenvalue weighted by atomic mass is 10.0. The van der Waals surface area contributed by atoms with Crippen molar-refractivity contribution in [1.29, 1.82) is 0 Å². The molecule has 21 heavy (non-hydrogen) atoms. The van der Waals surface area contributed by atoms with Crippen molar-refractivity contribution in [2.24, 2.45) is 5.92 Å². The first-order chi connectivity index (χ1) is 9.88. The first-order valence-electron chi connectivity index (χ1n) is 6.78. The highest BCUT2D eigenvalue weighted by atomic mass is 32.2. The first-order valence-corrected chi connectivity index (χ1v) is 8.43. The number of aliphatic hydroxyl groups is 1. The summed E-state index contributed by atoms with van der Waals surface area (Å²) in [5.74, 6) is -1.25. The van der Waals surface area contributed by atoms with E-state index in [1.807, 2.05) is 6.92 Å². The van der Waals surface area contributed by atoms with Crippen LogP contribution in [0.3, 0.4) is 0 Å². The van der Waals surface area contributed by atoms with E-state index < -0.39 is 16.0 Å². The quantitative estimate of drug-likeness (QED) is 0.635. The number of hydrogen-bond donors (Lipinski definition) is 3. The second kappa shape index (κ2) is 8.11. The van der Waals surface area contributed by atoms with E-state index in [0.717, 1.165) is 6.42 Å². The van der Waals surface area contributed by atoms with Crippen LogP contribution in [0.2, 0.25) is 0 Å². The minimum atomic E-state index is -3.53. The predicted octanol–water partition coefficient (Wildman–Crippen LogP) is 1.21. The maximum absolute atomic E-state index is 12.0. The molecule has 0 aliphatic rings. The van der Waals surface area contributed by atoms with Gasteiger partial charge in [-0.2, -0.15) is 0 Å². The van der Waals surface area contributed by atoms with Crippen molar-refractivity contribution in [1.82, 2.24) is 4.72 Å². The van der Waals surface area contributed by atoms with Gasteiger partial charge in [-0.1, -0.05) is 25.5 Å². The van der Waals surface area contributed by atoms with Gasteiger partial charge in [-0.05, 0) is 30.0 Å². The predicted molar refractivity (Wildman–Crippen MR) is 79.5 cm³/mol. The van der Waals surface area contributed by atoms with E-state index in [9.17, 15) is 13.2 Å². The molecule has 0 saturated heterocycles. The highest BCUT2D eigenvalue weighted by molar-refractivity contribution is 7.88. The maximum atomic E-state index is 12.0. The number of sulfonamides is 1. The third-order valence-electron chi connectivity index (χ3n) is 3.24. The van der Waals surface area contributed by atoms with Crippen molar-refractivity contribution in [3.8, 4) is 0 Å². The van der Waals surface area contributed by atoms with Gasteiger partial charge in [0.1, 0.15) is 0 Å². The number of carbonyl (C=O) groups is 1. The lowest BCUT2D eigenvalue weighted by Crippen LogP contribution is -2.30. The summed E-state index contributed by atoms with van der Waals surface area (Å²) in [6, 6.07) is 5.87. The van der Waals surface area contributed by atoms with Gasteiger partial charge < -0.3 is 10.2 Å². The number of carboxylic acids is 1. The number of aromatic carboxylic acids is 1. The van der Waals surface area contributed by atoms with Gasteiger partial charge >= 0.3 is 5.97 Å². The van der Waals surface area contributed by atoms with Crippen molar-refractivity contribution in [3.63, 3.8) is 0 Å². The Kier molecular flexibility index (Phi) is 6.80. The Morgan fingerprint density at radius 2 is 2.10 bits per heavy atom. The van der Waals surface area contributed by atoms with Crippen LogP contribution in [0.5, 0.6) is 0 Å². The maximum Gasteiger partial charge on any atom is 0.335 e. The number of aliphatic hydroxyl groups excluding tert-OH is 1. The Morgan fingerprint density at radius 3 is 2.67 bits per heavy atom. The first kappa shape index (κ1) is 17.6. The molecule has 1 aromatic rings. The van der Waals surface area contributed by atoms with Gasteiger partial charge in [0.25, 0.3) is 0 Å². The van der Waals surface area contributed by atoms with Crippen LogP contribution >= 0.6 is 0 Å². The van der Waals surface area contributed by atoms with E-state index in [4.69, 9.17) is 10.2 Å². The van der Waals surface area contributed by atoms with Crippen LogP contribution in [0.1, 0.15) is 35.7 Å². The molecule has 0 saturated carbocycles. The topological polar surface area (TPSA) is 104 Å². The van der Waals surface area contributed by atoms with Crippen molar-refractivity contribution >= 4 is 16.0 Å². The van der Waals surface area contributed by atoms with E-state index in [1.165, 1.54) is 18.2 Å². The molecule has 0 bridgehead atoms. The molecule has 0 spiro atoms. The van der Waals surface area contributed by atoms with Crippen molar-refractivity contribution in [2.75, 3.05) is 13.2 Å². The second-order valence-corrected chi connectivity index (χ2v) is 6.71. The summed E-state index contributed by atoms with van der Waals surface area (Å²) in [5, 5.41) is 17.8. The zero-order valence-corrected chi connectivity index (χ0v) is 12.8. The van der Waals surface area contributed by atoms with Gasteiger partial charge in [0, 0.05) is 13.2 Å². The van der Waals surface area contributed by atoms with Crippen LogP contribution in [0.15, 0.2) is 24.3 Å². The largest absolute Gasteiger partial charge is 0.478 e. The molecule has 0 radical (unpaired) electrons. The molecule has 0 heterocycles. The summed E-state index contributed by atoms with van der Waals surface area (Å²) >= 11 is 0. The zero-order chi connectivity index (χ0) is 15.9. The zero-order valence-electron chi connectivity index (χ0n) is 11.9. The van der Waals surface area contributed by atoms with E-state index in [-0.39, 0.29) is 30.4 Å². The molecule has 1 unspecified atom stereocenters. The minimum absolute atomic E-state index is 0.0287. The van der Waals surface area contributed by atoms with Gasteiger partial charge in [0.05, 0.1) is 11.3 Å². The van der Waals surface area contributed by atoms with Gasteiger partial charge in [-0.15, -0.1) is 0 Å². The molecular formula is C14H21NO5S. The molecule has 0 aliphatic carbocycles. The van der Waals surface area contributed by atoms with Crippen LogP contribution in [0, 0.1) is 5.92 Å². The smallest absolute Gasteiger partial charge is 0.335 e. The summed E-state index contributed by atoms with van der Waals surface area (Å²) in [4.78, 5) is 10.9. The lowest BCUT2D eigenvalue weighted by Gasteiger charge is -2.14. The standard InChI is InChI=1S/C14H21NO5S/c1-2-11(6-7-16)9-15-21(19,20)10-12-4-3-5-13(8-12)14(17)18/h3-5,8,11,15-16H,2,6-7,9-10H2,1H3,(H,17,18). The van der Waals surface area contributed by atoms with Gasteiger partial charge in [-0.25, -0.2) is 17.9 Å². The third kappa shape index (κ3) is 6.24. The fraction of sp³-hybridized carbons (Fsp3) is 0.500. The van der Waals surface area contributed by atoms with Crippen LogP contribution in [-0.4, -0.2) is 37.8 Å². The average Bonchev–Trinajstić information content (AvgIpc) is 2.43. The number of hydrogen-bond acceptors (Lipinski definition) is 4. The van der Waals surface area contributed by atoms with Crippen molar-refractivity contribution < 1.29 is 23.4 Å². The number of nitrogens with one attached hydrogen (secondary N) is 1. The van der Waals surface area contributed by atoms with Crippen LogP contribution in [-0.2, 0) is 15.8 Å². The Balaban J connectivity index is 2.67. The van der Waals surface area contributed by atoms with Gasteiger partial charge in [0.15, 0.2) is 0 Å². The minimum Gasteiger partial charge on any atom is -0.478 e. The SMILES string of the molecule is CCC(CCO)CNS(=O)(=O)Cc1cccc(C(=O)O)c1. The summed E-state index contributed by atoms with van der Waals surface area (Å²) in [6.07, 6.45) is 1.32. The molecule has 1 rings (SSSR count). The molecule has 7 heteroatoms. The highest BCUT2D eigenvalue weighted by Crippen LogP contribution is 2.10. The Hall–Kier alpha value is -1.44. The molecule has 0 amide bonds. The molecule has 1 aromatic carbocycles. The number of carboxylic acid groups (broad SMARTS) is 1. The van der Waals surface area contributed by atoms with Crippen LogP contribution in [0.25, 0.3) is 0 Å². The second-order valence-electron chi connectivity index (χ2n) is 4.90. The van der Waals surface area contributed by atoms with Crippen molar-refractivity contribution in [3.05, 3.63) is 35.4 Å². The third-order valence-corrected chi connectivity index (χ3v) is 4.56. The molecule has 3 N–H and O–H groups in total. The highest BCUT2D eigenvalue weighted by Gasteiger charge is 2.15. The van der Waals surface area contributed by atoms with Crippen LogP contribution < -0.4 is 4.72 Å². The molecule has 0 aromatic heterocycles. The number of benzene rings is 1. The van der Waals surface area contributed by atoms with E-state index in [0.29, 0.717) is 12.0 Å². The molecule has 118 valence electrons. The van der Waals surface area contributed by atoms with Crippen LogP contribution in [0.4, 0.5) is 0 Å². The van der Waals surface area contributed by atoms with E-state index >= 15 is 0 Å². The molecule has 6 nitrogen and oxygen atoms in total. The molecule has 0 aliphatic heterocycles. The summed E-state index contributed by atoms with van der Waals surface area (Å²) in [7, 11) is -3.53. The Morgan fingerprint density at radius 1 is 1.38 bits per heavy atom. The monoisotopic (exact) mass is 315 g/mol. The summed E-state index contributed by atoms with van der Waals surface area (Å²) in [6.45, 7) is 2.24. The fourth-order valence-corrected chi connectivity index (χ4v) is 3.15. The van der Waals surface area contributed by atoms with E-state index in [2.05, 4.69) is 4.72 Å². The Bertz CT molecular complexity index is 570. The van der Waals surface area contributed by atoms with Crippen molar-refractivity contribution in [2.45, 2.75) is 25.5 Å².